The zero-order valence-corrected chi connectivity index (χ0v) is 16.7. The van der Waals surface area contributed by atoms with Gasteiger partial charge in [-0.15, -0.1) is 11.3 Å². The van der Waals surface area contributed by atoms with Gasteiger partial charge in [-0.05, 0) is 44.1 Å². The number of aromatic nitrogens is 2. The van der Waals surface area contributed by atoms with Crippen molar-refractivity contribution in [1.82, 2.24) is 15.3 Å². The number of aryl methyl sites for hydroxylation is 3. The fourth-order valence-corrected chi connectivity index (χ4v) is 5.39. The second-order valence-corrected chi connectivity index (χ2v) is 8.70. The zero-order chi connectivity index (χ0) is 19.5. The summed E-state index contributed by atoms with van der Waals surface area (Å²) in [6.07, 6.45) is 8.84. The van der Waals surface area contributed by atoms with Crippen LogP contribution in [0.4, 0.5) is 0 Å². The van der Waals surface area contributed by atoms with Gasteiger partial charge in [-0.1, -0.05) is 12.8 Å². The summed E-state index contributed by atoms with van der Waals surface area (Å²) >= 11 is 1.59. The van der Waals surface area contributed by atoms with E-state index in [0.29, 0.717) is 5.82 Å². The van der Waals surface area contributed by atoms with Gasteiger partial charge in [0.15, 0.2) is 6.61 Å². The monoisotopic (exact) mass is 403 g/mol. The van der Waals surface area contributed by atoms with Crippen LogP contribution >= 0.6 is 11.3 Å². The summed E-state index contributed by atoms with van der Waals surface area (Å²) in [5.74, 6) is -0.226. The first kappa shape index (κ1) is 19.1. The van der Waals surface area contributed by atoms with Gasteiger partial charge in [0.2, 0.25) is 0 Å². The van der Waals surface area contributed by atoms with Crippen LogP contribution < -0.4 is 10.9 Å². The number of amides is 1. The first-order chi connectivity index (χ1) is 13.6. The molecule has 2 aliphatic rings. The van der Waals surface area contributed by atoms with Crippen LogP contribution in [0.25, 0.3) is 10.2 Å². The summed E-state index contributed by atoms with van der Waals surface area (Å²) in [5, 5.41) is 3.60. The summed E-state index contributed by atoms with van der Waals surface area (Å²) in [6, 6.07) is 0.212. The molecule has 2 heterocycles. The Bertz CT molecular complexity index is 943. The molecule has 4 rings (SSSR count). The molecule has 8 heteroatoms. The predicted molar refractivity (Wildman–Crippen MR) is 107 cm³/mol. The molecule has 2 aliphatic carbocycles. The summed E-state index contributed by atoms with van der Waals surface area (Å²) in [7, 11) is 0. The molecule has 1 fully saturated rings. The van der Waals surface area contributed by atoms with Crippen molar-refractivity contribution in [1.29, 1.82) is 0 Å². The highest BCUT2D eigenvalue weighted by atomic mass is 32.1. The number of fused-ring (bicyclic) bond motifs is 3. The zero-order valence-electron chi connectivity index (χ0n) is 15.8. The van der Waals surface area contributed by atoms with E-state index in [2.05, 4.69) is 15.3 Å². The van der Waals surface area contributed by atoms with E-state index in [0.717, 1.165) is 67.1 Å². The van der Waals surface area contributed by atoms with Gasteiger partial charge in [-0.2, -0.15) is 0 Å². The number of H-pyrrole nitrogens is 1. The lowest BCUT2D eigenvalue weighted by atomic mass is 9.97. The van der Waals surface area contributed by atoms with Crippen LogP contribution in [-0.4, -0.2) is 34.5 Å². The lowest BCUT2D eigenvalue weighted by Crippen LogP contribution is -2.35. The lowest BCUT2D eigenvalue weighted by Gasteiger charge is -2.11. The Morgan fingerprint density at radius 1 is 1.18 bits per heavy atom. The number of thiophene rings is 1. The Labute approximate surface area is 166 Å². The van der Waals surface area contributed by atoms with E-state index >= 15 is 0 Å². The van der Waals surface area contributed by atoms with Crippen molar-refractivity contribution in [2.45, 2.75) is 70.3 Å². The fourth-order valence-electron chi connectivity index (χ4n) is 4.11. The molecule has 0 spiro atoms. The largest absolute Gasteiger partial charge is 0.456 e. The molecule has 1 saturated carbocycles. The molecule has 0 atom stereocenters. The molecule has 0 aromatic carbocycles. The van der Waals surface area contributed by atoms with Gasteiger partial charge in [-0.3, -0.25) is 14.4 Å². The van der Waals surface area contributed by atoms with Crippen molar-refractivity contribution >= 4 is 33.4 Å². The molecule has 0 aliphatic heterocycles. The molecule has 0 saturated heterocycles. The van der Waals surface area contributed by atoms with Crippen LogP contribution in [0.5, 0.6) is 0 Å². The van der Waals surface area contributed by atoms with E-state index in [-0.39, 0.29) is 37.0 Å². The topological polar surface area (TPSA) is 101 Å². The number of carbonyl (C=O) groups excluding carboxylic acids is 2. The highest BCUT2D eigenvalue weighted by Crippen LogP contribution is 2.33. The quantitative estimate of drug-likeness (QED) is 0.721. The Morgan fingerprint density at radius 2 is 1.96 bits per heavy atom. The SMILES string of the molecule is O=C(COC(=O)CCc1nc2sc3c(c2c(=O)[nH]1)CCCC3)NC1CCCC1. The maximum Gasteiger partial charge on any atom is 0.306 e. The molecular weight excluding hydrogens is 378 g/mol. The van der Waals surface area contributed by atoms with Crippen molar-refractivity contribution in [3.63, 3.8) is 0 Å². The Kier molecular flexibility index (Phi) is 5.75. The van der Waals surface area contributed by atoms with Crippen molar-refractivity contribution in [3.05, 3.63) is 26.6 Å². The Balaban J connectivity index is 1.31. The van der Waals surface area contributed by atoms with Crippen molar-refractivity contribution < 1.29 is 14.3 Å². The van der Waals surface area contributed by atoms with E-state index in [1.807, 2.05) is 0 Å². The third-order valence-electron chi connectivity index (χ3n) is 5.52. The van der Waals surface area contributed by atoms with Crippen LogP contribution in [-0.2, 0) is 33.6 Å². The van der Waals surface area contributed by atoms with Gasteiger partial charge < -0.3 is 15.0 Å². The molecule has 0 unspecified atom stereocenters. The highest BCUT2D eigenvalue weighted by molar-refractivity contribution is 7.18. The Morgan fingerprint density at radius 3 is 2.79 bits per heavy atom. The van der Waals surface area contributed by atoms with Gasteiger partial charge in [0.25, 0.3) is 11.5 Å². The fraction of sp³-hybridized carbons (Fsp3) is 0.600. The normalized spacial score (nSPS) is 16.9. The molecule has 2 aromatic rings. The summed E-state index contributed by atoms with van der Waals surface area (Å²) in [6.45, 7) is -0.254. The van der Waals surface area contributed by atoms with E-state index in [1.165, 1.54) is 4.88 Å². The minimum absolute atomic E-state index is 0.0796. The maximum atomic E-state index is 12.5. The second-order valence-electron chi connectivity index (χ2n) is 7.61. The van der Waals surface area contributed by atoms with E-state index in [4.69, 9.17) is 4.74 Å². The van der Waals surface area contributed by atoms with E-state index in [9.17, 15) is 14.4 Å². The molecule has 7 nitrogen and oxygen atoms in total. The number of nitrogens with one attached hydrogen (secondary N) is 2. The average Bonchev–Trinajstić information content (AvgIpc) is 3.31. The second kappa shape index (κ2) is 8.43. The van der Waals surface area contributed by atoms with Gasteiger partial charge >= 0.3 is 5.97 Å². The van der Waals surface area contributed by atoms with Gasteiger partial charge in [0.1, 0.15) is 10.7 Å². The van der Waals surface area contributed by atoms with Gasteiger partial charge in [0.05, 0.1) is 11.8 Å². The first-order valence-electron chi connectivity index (χ1n) is 10.1. The molecule has 28 heavy (non-hydrogen) atoms. The smallest absolute Gasteiger partial charge is 0.306 e. The van der Waals surface area contributed by atoms with Crippen LogP contribution in [0, 0.1) is 0 Å². The molecule has 0 radical (unpaired) electrons. The molecule has 150 valence electrons. The molecule has 0 bridgehead atoms. The molecule has 2 aromatic heterocycles. The van der Waals surface area contributed by atoms with Crippen LogP contribution in [0.3, 0.4) is 0 Å². The third kappa shape index (κ3) is 4.27. The summed E-state index contributed by atoms with van der Waals surface area (Å²) in [5.41, 5.74) is 1.03. The minimum Gasteiger partial charge on any atom is -0.456 e. The standard InChI is InChI=1S/C20H25N3O4S/c24-16(21-12-5-1-2-6-12)11-27-17(25)10-9-15-22-19(26)18-13-7-3-4-8-14(13)28-20(18)23-15/h12H,1-11H2,(H,21,24)(H,22,23,26). The number of esters is 1. The number of aromatic amines is 1. The van der Waals surface area contributed by atoms with Crippen molar-refractivity contribution in [2.24, 2.45) is 0 Å². The molecular formula is C20H25N3O4S. The summed E-state index contributed by atoms with van der Waals surface area (Å²) < 4.78 is 5.05. The molecule has 1 amide bonds. The van der Waals surface area contributed by atoms with Crippen LogP contribution in [0.15, 0.2) is 4.79 Å². The average molecular weight is 404 g/mol. The van der Waals surface area contributed by atoms with E-state index < -0.39 is 5.97 Å². The van der Waals surface area contributed by atoms with Crippen molar-refractivity contribution in [3.8, 4) is 0 Å². The highest BCUT2D eigenvalue weighted by Gasteiger charge is 2.20. The number of carbonyl (C=O) groups is 2. The molecule has 2 N–H and O–H groups in total. The maximum absolute atomic E-state index is 12.5. The van der Waals surface area contributed by atoms with Crippen LogP contribution in [0.1, 0.15) is 61.2 Å². The number of hydrogen-bond donors (Lipinski definition) is 2. The number of nitrogens with zero attached hydrogens (tertiary/aromatic N) is 1. The summed E-state index contributed by atoms with van der Waals surface area (Å²) in [4.78, 5) is 45.7. The minimum atomic E-state index is -0.463. The van der Waals surface area contributed by atoms with Gasteiger partial charge in [0, 0.05) is 17.3 Å². The number of rotatable bonds is 6. The van der Waals surface area contributed by atoms with Crippen molar-refractivity contribution in [2.75, 3.05) is 6.61 Å². The van der Waals surface area contributed by atoms with E-state index in [1.54, 1.807) is 11.3 Å². The van der Waals surface area contributed by atoms with Gasteiger partial charge in [-0.25, -0.2) is 4.98 Å². The first-order valence-corrected chi connectivity index (χ1v) is 10.9. The number of hydrogen-bond acceptors (Lipinski definition) is 6. The lowest BCUT2D eigenvalue weighted by molar-refractivity contribution is -0.148. The number of ether oxygens (including phenoxy) is 1. The predicted octanol–water partition coefficient (Wildman–Crippen LogP) is 2.40. The third-order valence-corrected chi connectivity index (χ3v) is 6.71. The Hall–Kier alpha value is -2.22. The van der Waals surface area contributed by atoms with Crippen LogP contribution in [0.2, 0.25) is 0 Å².